The van der Waals surface area contributed by atoms with Crippen molar-refractivity contribution in [2.24, 2.45) is 0 Å². The van der Waals surface area contributed by atoms with E-state index in [0.29, 0.717) is 23.7 Å². The number of halogens is 1. The molecule has 0 bridgehead atoms. The van der Waals surface area contributed by atoms with E-state index in [4.69, 9.17) is 16.3 Å². The Morgan fingerprint density at radius 1 is 1.27 bits per heavy atom. The highest BCUT2D eigenvalue weighted by atomic mass is 35.5. The minimum absolute atomic E-state index is 0.0513. The summed E-state index contributed by atoms with van der Waals surface area (Å²) < 4.78 is 5.26. The maximum Gasteiger partial charge on any atom is 0.254 e. The highest BCUT2D eigenvalue weighted by molar-refractivity contribution is 6.31. The molecule has 2 amide bonds. The molecule has 0 radical (unpaired) electrons. The second-order valence-corrected chi connectivity index (χ2v) is 8.37. The molecule has 1 aliphatic heterocycles. The second-order valence-electron chi connectivity index (χ2n) is 7.93. The van der Waals surface area contributed by atoms with E-state index in [1.807, 2.05) is 23.1 Å². The fourth-order valence-electron chi connectivity index (χ4n) is 4.99. The smallest absolute Gasteiger partial charge is 0.254 e. The number of fused-ring (bicyclic) bond motifs is 1. The molecule has 4 rings (SSSR count). The number of nitrogens with zero attached hydrogens (tertiary/aromatic N) is 1. The third kappa shape index (κ3) is 3.44. The van der Waals surface area contributed by atoms with Crippen LogP contribution in [0.1, 0.15) is 47.5 Å². The zero-order valence-electron chi connectivity index (χ0n) is 16.9. The molecule has 2 aromatic carbocycles. The number of aromatic hydroxyl groups is 1. The first-order valence-corrected chi connectivity index (χ1v) is 10.5. The van der Waals surface area contributed by atoms with Gasteiger partial charge in [0.1, 0.15) is 5.75 Å². The van der Waals surface area contributed by atoms with Gasteiger partial charge in [-0.3, -0.25) is 9.59 Å². The highest BCUT2D eigenvalue weighted by Crippen LogP contribution is 2.50. The molecule has 1 spiro atoms. The minimum Gasteiger partial charge on any atom is -0.506 e. The summed E-state index contributed by atoms with van der Waals surface area (Å²) in [4.78, 5) is 28.9. The second kappa shape index (κ2) is 8.28. The molecule has 2 aliphatic rings. The van der Waals surface area contributed by atoms with Crippen molar-refractivity contribution >= 4 is 29.1 Å². The molecule has 30 heavy (non-hydrogen) atoms. The third-order valence-electron chi connectivity index (χ3n) is 6.29. The van der Waals surface area contributed by atoms with Crippen molar-refractivity contribution in [3.05, 3.63) is 58.6 Å². The van der Waals surface area contributed by atoms with Crippen LogP contribution in [-0.4, -0.2) is 47.6 Å². The van der Waals surface area contributed by atoms with E-state index < -0.39 is 11.5 Å². The summed E-state index contributed by atoms with van der Waals surface area (Å²) in [6, 6.07) is 11.9. The average Bonchev–Trinajstić information content (AvgIpc) is 3.20. The number of ether oxygens (including phenoxy) is 1. The van der Waals surface area contributed by atoms with Gasteiger partial charge < -0.3 is 20.1 Å². The van der Waals surface area contributed by atoms with Crippen molar-refractivity contribution in [3.63, 3.8) is 0 Å². The Kier molecular flexibility index (Phi) is 5.71. The first-order chi connectivity index (χ1) is 14.5. The maximum absolute atomic E-state index is 13.6. The molecule has 1 heterocycles. The summed E-state index contributed by atoms with van der Waals surface area (Å²) in [5, 5.41) is 13.5. The van der Waals surface area contributed by atoms with Crippen molar-refractivity contribution in [2.75, 3.05) is 25.6 Å². The van der Waals surface area contributed by atoms with Gasteiger partial charge >= 0.3 is 0 Å². The van der Waals surface area contributed by atoms with Gasteiger partial charge in [0.05, 0.1) is 23.8 Å². The van der Waals surface area contributed by atoms with Gasteiger partial charge in [0, 0.05) is 24.2 Å². The predicted molar refractivity (Wildman–Crippen MR) is 115 cm³/mol. The van der Waals surface area contributed by atoms with Gasteiger partial charge in [0.2, 0.25) is 5.91 Å². The maximum atomic E-state index is 13.6. The molecule has 0 aromatic heterocycles. The Morgan fingerprint density at radius 3 is 2.73 bits per heavy atom. The first-order valence-electron chi connectivity index (χ1n) is 10.2. The van der Waals surface area contributed by atoms with E-state index in [1.165, 1.54) is 12.1 Å². The van der Waals surface area contributed by atoms with E-state index in [-0.39, 0.29) is 23.3 Å². The van der Waals surface area contributed by atoms with Crippen LogP contribution in [0, 0.1) is 0 Å². The van der Waals surface area contributed by atoms with E-state index in [0.717, 1.165) is 31.2 Å². The lowest BCUT2D eigenvalue weighted by Gasteiger charge is -2.50. The normalized spacial score (nSPS) is 19.7. The van der Waals surface area contributed by atoms with E-state index in [1.54, 1.807) is 19.2 Å². The summed E-state index contributed by atoms with van der Waals surface area (Å²) in [6.45, 7) is 0.828. The Morgan fingerprint density at radius 2 is 2.00 bits per heavy atom. The van der Waals surface area contributed by atoms with Crippen molar-refractivity contribution in [1.29, 1.82) is 0 Å². The molecular weight excluding hydrogens is 404 g/mol. The molecule has 7 heteroatoms. The van der Waals surface area contributed by atoms with E-state index in [9.17, 15) is 14.7 Å². The molecule has 0 saturated heterocycles. The summed E-state index contributed by atoms with van der Waals surface area (Å²) >= 11 is 6.06. The Balaban J connectivity index is 1.80. The quantitative estimate of drug-likeness (QED) is 0.700. The number of hydrogen-bond acceptors (Lipinski definition) is 4. The molecule has 1 saturated carbocycles. The average molecular weight is 429 g/mol. The number of methoxy groups -OCH3 is 1. The molecule has 2 aromatic rings. The standard InChI is InChI=1S/C23H25ClN2O4/c1-30-13-12-26-22(29)17-7-3-2-6-16(17)20(23(26)10-4-5-11-23)21(28)25-18-14-15(24)8-9-19(18)27/h2-3,6-9,14,20,27H,4-5,10-13H2,1H3,(H,25,28). The molecular formula is C23H25ClN2O4. The van der Waals surface area contributed by atoms with Crippen LogP contribution in [0.15, 0.2) is 42.5 Å². The van der Waals surface area contributed by atoms with Crippen LogP contribution in [0.25, 0.3) is 0 Å². The first kappa shape index (κ1) is 20.7. The Bertz CT molecular complexity index is 971. The van der Waals surface area contributed by atoms with Crippen LogP contribution in [0.4, 0.5) is 5.69 Å². The zero-order chi connectivity index (χ0) is 21.3. The van der Waals surface area contributed by atoms with Crippen LogP contribution < -0.4 is 5.32 Å². The number of benzene rings is 2. The van der Waals surface area contributed by atoms with Gasteiger partial charge in [-0.2, -0.15) is 0 Å². The number of carbonyl (C=O) groups excluding carboxylic acids is 2. The van der Waals surface area contributed by atoms with E-state index in [2.05, 4.69) is 5.32 Å². The fourth-order valence-corrected chi connectivity index (χ4v) is 5.16. The molecule has 158 valence electrons. The Hall–Kier alpha value is -2.57. The lowest BCUT2D eigenvalue weighted by Crippen LogP contribution is -2.60. The Labute approximate surface area is 180 Å². The van der Waals surface area contributed by atoms with Gasteiger partial charge in [-0.05, 0) is 42.7 Å². The van der Waals surface area contributed by atoms with Crippen molar-refractivity contribution in [3.8, 4) is 5.75 Å². The van der Waals surface area contributed by atoms with Gasteiger partial charge in [0.15, 0.2) is 0 Å². The number of anilines is 1. The lowest BCUT2D eigenvalue weighted by molar-refractivity contribution is -0.121. The monoisotopic (exact) mass is 428 g/mol. The lowest BCUT2D eigenvalue weighted by atomic mass is 9.71. The number of hydrogen-bond donors (Lipinski definition) is 2. The van der Waals surface area contributed by atoms with Gasteiger partial charge in [-0.15, -0.1) is 0 Å². The summed E-state index contributed by atoms with van der Waals surface area (Å²) in [6.07, 6.45) is 3.39. The number of rotatable bonds is 5. The van der Waals surface area contributed by atoms with Crippen molar-refractivity contribution in [2.45, 2.75) is 37.1 Å². The van der Waals surface area contributed by atoms with Gasteiger partial charge in [-0.25, -0.2) is 0 Å². The molecule has 6 nitrogen and oxygen atoms in total. The fraction of sp³-hybridized carbons (Fsp3) is 0.391. The van der Waals surface area contributed by atoms with Gasteiger partial charge in [0.25, 0.3) is 5.91 Å². The SMILES string of the molecule is COCCN1C(=O)c2ccccc2C(C(=O)Nc2cc(Cl)ccc2O)C12CCCC2. The van der Waals surface area contributed by atoms with Crippen molar-refractivity contribution < 1.29 is 19.4 Å². The van der Waals surface area contributed by atoms with Crippen LogP contribution in [0.5, 0.6) is 5.75 Å². The number of phenolic OH excluding ortho intramolecular Hbond substituents is 1. The highest BCUT2D eigenvalue weighted by Gasteiger charge is 2.55. The largest absolute Gasteiger partial charge is 0.506 e. The van der Waals surface area contributed by atoms with Crippen LogP contribution in [-0.2, 0) is 9.53 Å². The molecule has 2 N–H and O–H groups in total. The van der Waals surface area contributed by atoms with Crippen LogP contribution in [0.2, 0.25) is 5.02 Å². The topological polar surface area (TPSA) is 78.9 Å². The summed E-state index contributed by atoms with van der Waals surface area (Å²) in [7, 11) is 1.61. The van der Waals surface area contributed by atoms with Gasteiger partial charge in [-0.1, -0.05) is 42.6 Å². The number of nitrogens with one attached hydrogen (secondary N) is 1. The predicted octanol–water partition coefficient (Wildman–Crippen LogP) is 4.18. The number of carbonyl (C=O) groups is 2. The third-order valence-corrected chi connectivity index (χ3v) is 6.52. The molecule has 1 aliphatic carbocycles. The summed E-state index contributed by atoms with van der Waals surface area (Å²) in [5.41, 5.74) is 0.930. The van der Waals surface area contributed by atoms with Crippen molar-refractivity contribution in [1.82, 2.24) is 4.90 Å². The number of phenols is 1. The summed E-state index contributed by atoms with van der Waals surface area (Å²) in [5.74, 6) is -0.912. The molecule has 1 atom stereocenters. The van der Waals surface area contributed by atoms with Crippen LogP contribution >= 0.6 is 11.6 Å². The zero-order valence-corrected chi connectivity index (χ0v) is 17.6. The number of amides is 2. The van der Waals surface area contributed by atoms with E-state index >= 15 is 0 Å². The van der Waals surface area contributed by atoms with Crippen LogP contribution in [0.3, 0.4) is 0 Å². The molecule has 1 unspecified atom stereocenters. The molecule has 1 fully saturated rings. The minimum atomic E-state index is -0.609.